The van der Waals surface area contributed by atoms with Crippen molar-refractivity contribution in [3.05, 3.63) is 11.6 Å². The van der Waals surface area contributed by atoms with E-state index in [0.717, 1.165) is 4.90 Å². The summed E-state index contributed by atoms with van der Waals surface area (Å²) in [5.41, 5.74) is 0.672. The lowest BCUT2D eigenvalue weighted by molar-refractivity contribution is -0.163. The number of hydrogen-bond acceptors (Lipinski definition) is 1. The van der Waals surface area contributed by atoms with Crippen LogP contribution >= 0.6 is 0 Å². The molecule has 0 spiro atoms. The highest BCUT2D eigenvalue weighted by Gasteiger charge is 2.39. The van der Waals surface area contributed by atoms with Crippen molar-refractivity contribution < 1.29 is 13.2 Å². The first kappa shape index (κ1) is 11.5. The lowest BCUT2D eigenvalue weighted by Gasteiger charge is -2.24. The Kier molecular flexibility index (Phi) is 3.77. The van der Waals surface area contributed by atoms with Gasteiger partial charge in [0.25, 0.3) is 0 Å². The van der Waals surface area contributed by atoms with E-state index in [1.54, 1.807) is 13.8 Å². The summed E-state index contributed by atoms with van der Waals surface area (Å²) in [5, 5.41) is 0. The van der Waals surface area contributed by atoms with Gasteiger partial charge in [0.2, 0.25) is 0 Å². The molecule has 0 bridgehead atoms. The summed E-state index contributed by atoms with van der Waals surface area (Å²) in [6.07, 6.45) is -2.97. The molecule has 0 aromatic rings. The van der Waals surface area contributed by atoms with Crippen molar-refractivity contribution in [2.45, 2.75) is 26.1 Å². The fraction of sp³-hybridized carbons (Fsp3) is 0.750. The molecule has 0 radical (unpaired) electrons. The van der Waals surface area contributed by atoms with Crippen molar-refractivity contribution in [2.75, 3.05) is 14.1 Å². The second-order valence-electron chi connectivity index (χ2n) is 3.19. The molecule has 72 valence electrons. The number of likely N-dealkylation sites (N-methyl/N-ethyl adjacent to an activating group) is 1. The lowest BCUT2D eigenvalue weighted by Crippen LogP contribution is -2.39. The Morgan fingerprint density at radius 2 is 1.67 bits per heavy atom. The molecular formula is C8H14F3N. The average Bonchev–Trinajstić information content (AvgIpc) is 1.79. The third-order valence-electron chi connectivity index (χ3n) is 1.38. The highest BCUT2D eigenvalue weighted by Crippen LogP contribution is 2.24. The monoisotopic (exact) mass is 181 g/mol. The predicted octanol–water partition coefficient (Wildman–Crippen LogP) is 2.45. The molecular weight excluding hydrogens is 167 g/mol. The van der Waals surface area contributed by atoms with Crippen molar-refractivity contribution in [1.29, 1.82) is 0 Å². The van der Waals surface area contributed by atoms with Crippen LogP contribution < -0.4 is 0 Å². The van der Waals surface area contributed by atoms with E-state index in [4.69, 9.17) is 0 Å². The third kappa shape index (κ3) is 3.76. The minimum absolute atomic E-state index is 0.672. The Hall–Kier alpha value is -0.510. The molecule has 0 fully saturated rings. The maximum atomic E-state index is 12.2. The largest absolute Gasteiger partial charge is 0.407 e. The maximum absolute atomic E-state index is 12.2. The molecule has 1 atom stereocenters. The van der Waals surface area contributed by atoms with Crippen LogP contribution in [0, 0.1) is 0 Å². The summed E-state index contributed by atoms with van der Waals surface area (Å²) in [6.45, 7) is 3.31. The second-order valence-corrected chi connectivity index (χ2v) is 3.19. The number of nitrogens with zero attached hydrogens (tertiary/aromatic N) is 1. The quantitative estimate of drug-likeness (QED) is 0.591. The summed E-state index contributed by atoms with van der Waals surface area (Å²) in [6, 6.07) is -1.47. The van der Waals surface area contributed by atoms with Gasteiger partial charge in [0.05, 0.1) is 0 Å². The lowest BCUT2D eigenvalue weighted by atomic mass is 10.2. The van der Waals surface area contributed by atoms with E-state index in [1.807, 2.05) is 0 Å². The Morgan fingerprint density at radius 3 is 1.75 bits per heavy atom. The number of alkyl halides is 3. The second kappa shape index (κ2) is 3.94. The zero-order chi connectivity index (χ0) is 9.94. The molecule has 0 aromatic carbocycles. The van der Waals surface area contributed by atoms with Gasteiger partial charge in [0.1, 0.15) is 6.04 Å². The first-order chi connectivity index (χ1) is 5.25. The van der Waals surface area contributed by atoms with Gasteiger partial charge in [-0.25, -0.2) is 0 Å². The summed E-state index contributed by atoms with van der Waals surface area (Å²) >= 11 is 0. The highest BCUT2D eigenvalue weighted by molar-refractivity contribution is 5.03. The summed E-state index contributed by atoms with van der Waals surface area (Å²) < 4.78 is 36.7. The average molecular weight is 181 g/mol. The Bertz CT molecular complexity index is 166. The summed E-state index contributed by atoms with van der Waals surface area (Å²) in [4.78, 5) is 1.15. The van der Waals surface area contributed by atoms with Gasteiger partial charge < -0.3 is 0 Å². The van der Waals surface area contributed by atoms with Crippen molar-refractivity contribution in [3.63, 3.8) is 0 Å². The first-order valence-corrected chi connectivity index (χ1v) is 3.63. The minimum Gasteiger partial charge on any atom is -0.295 e. The van der Waals surface area contributed by atoms with Gasteiger partial charge in [0.15, 0.2) is 0 Å². The molecule has 1 nitrogen and oxygen atoms in total. The van der Waals surface area contributed by atoms with E-state index >= 15 is 0 Å². The van der Waals surface area contributed by atoms with Crippen LogP contribution in [0.25, 0.3) is 0 Å². The number of hydrogen-bond donors (Lipinski definition) is 0. The molecule has 4 heteroatoms. The topological polar surface area (TPSA) is 3.24 Å². The molecule has 0 aliphatic heterocycles. The molecule has 0 N–H and O–H groups in total. The minimum atomic E-state index is -4.18. The molecule has 0 rings (SSSR count). The van der Waals surface area contributed by atoms with Crippen LogP contribution in [0.3, 0.4) is 0 Å². The summed E-state index contributed by atoms with van der Waals surface area (Å²) in [7, 11) is 2.83. The van der Waals surface area contributed by atoms with Gasteiger partial charge >= 0.3 is 6.18 Å². The Labute approximate surface area is 70.9 Å². The van der Waals surface area contributed by atoms with Crippen molar-refractivity contribution in [1.82, 2.24) is 4.90 Å². The molecule has 12 heavy (non-hydrogen) atoms. The van der Waals surface area contributed by atoms with Gasteiger partial charge in [0, 0.05) is 0 Å². The highest BCUT2D eigenvalue weighted by atomic mass is 19.4. The van der Waals surface area contributed by atoms with Crippen molar-refractivity contribution in [3.8, 4) is 0 Å². The van der Waals surface area contributed by atoms with E-state index in [0.29, 0.717) is 5.57 Å². The predicted molar refractivity (Wildman–Crippen MR) is 43.0 cm³/mol. The summed E-state index contributed by atoms with van der Waals surface area (Å²) in [5.74, 6) is 0. The van der Waals surface area contributed by atoms with Crippen LogP contribution in [0.2, 0.25) is 0 Å². The number of allylic oxidation sites excluding steroid dienone is 1. The fourth-order valence-electron chi connectivity index (χ4n) is 0.852. The zero-order valence-corrected chi connectivity index (χ0v) is 7.74. The Balaban J connectivity index is 4.58. The van der Waals surface area contributed by atoms with Crippen LogP contribution in [-0.4, -0.2) is 31.2 Å². The zero-order valence-electron chi connectivity index (χ0n) is 7.74. The van der Waals surface area contributed by atoms with E-state index in [-0.39, 0.29) is 0 Å². The molecule has 0 aliphatic rings. The molecule has 0 saturated heterocycles. The van der Waals surface area contributed by atoms with Crippen molar-refractivity contribution in [2.24, 2.45) is 0 Å². The molecule has 0 saturated carbocycles. The van der Waals surface area contributed by atoms with Gasteiger partial charge in [-0.15, -0.1) is 0 Å². The molecule has 0 aliphatic carbocycles. The van der Waals surface area contributed by atoms with E-state index in [2.05, 4.69) is 0 Å². The van der Waals surface area contributed by atoms with Crippen LogP contribution in [0.4, 0.5) is 13.2 Å². The van der Waals surface area contributed by atoms with Crippen LogP contribution in [0.1, 0.15) is 13.8 Å². The third-order valence-corrected chi connectivity index (χ3v) is 1.38. The molecule has 0 amide bonds. The standard InChI is InChI=1S/C8H14F3N/c1-6(2)5-7(12(3)4)8(9,10)11/h5,7H,1-4H3. The van der Waals surface area contributed by atoms with Gasteiger partial charge in [-0.3, -0.25) is 4.90 Å². The van der Waals surface area contributed by atoms with Gasteiger partial charge in [-0.1, -0.05) is 11.6 Å². The van der Waals surface area contributed by atoms with Gasteiger partial charge in [-0.2, -0.15) is 13.2 Å². The SMILES string of the molecule is CC(C)=CC(N(C)C)C(F)(F)F. The normalized spacial score (nSPS) is 14.7. The van der Waals surface area contributed by atoms with Crippen LogP contribution in [0.15, 0.2) is 11.6 Å². The van der Waals surface area contributed by atoms with E-state index < -0.39 is 12.2 Å². The van der Waals surface area contributed by atoms with Crippen LogP contribution in [0.5, 0.6) is 0 Å². The number of halogens is 3. The van der Waals surface area contributed by atoms with E-state index in [9.17, 15) is 13.2 Å². The smallest absolute Gasteiger partial charge is 0.295 e. The maximum Gasteiger partial charge on any atom is 0.407 e. The first-order valence-electron chi connectivity index (χ1n) is 3.63. The van der Waals surface area contributed by atoms with E-state index in [1.165, 1.54) is 20.2 Å². The molecule has 0 aromatic heterocycles. The van der Waals surface area contributed by atoms with Gasteiger partial charge in [-0.05, 0) is 27.9 Å². The fourth-order valence-corrected chi connectivity index (χ4v) is 0.852. The molecule has 0 heterocycles. The van der Waals surface area contributed by atoms with Crippen LogP contribution in [-0.2, 0) is 0 Å². The van der Waals surface area contributed by atoms with Crippen molar-refractivity contribution >= 4 is 0 Å². The molecule has 1 unspecified atom stereocenters. The Morgan fingerprint density at radius 1 is 1.25 bits per heavy atom. The number of rotatable bonds is 2.